The number of hydrogen-bond donors (Lipinski definition) is 0. The number of benzene rings is 8. The van der Waals surface area contributed by atoms with Crippen molar-refractivity contribution in [3.63, 3.8) is 0 Å². The van der Waals surface area contributed by atoms with Gasteiger partial charge in [0.2, 0.25) is 0 Å². The fraction of sp³-hybridized carbons (Fsp3) is 0.0357. The molecule has 0 heterocycles. The van der Waals surface area contributed by atoms with Crippen molar-refractivity contribution in [1.29, 1.82) is 0 Å². The summed E-state index contributed by atoms with van der Waals surface area (Å²) in [6, 6.07) is 72.1. The van der Waals surface area contributed by atoms with Gasteiger partial charge in [0.25, 0.3) is 0 Å². The van der Waals surface area contributed by atoms with E-state index < -0.39 is 0 Å². The molecule has 0 amide bonds. The molecule has 2 atom stereocenters. The van der Waals surface area contributed by atoms with Crippen molar-refractivity contribution in [2.45, 2.75) is 0 Å². The summed E-state index contributed by atoms with van der Waals surface area (Å²) in [5, 5.41) is 2.51. The van der Waals surface area contributed by atoms with E-state index in [1.54, 1.807) is 0 Å². The molecule has 8 aromatic rings. The summed E-state index contributed by atoms with van der Waals surface area (Å²) < 4.78 is 0. The molecular weight excluding hydrogens is 701 g/mol. The van der Waals surface area contributed by atoms with Crippen LogP contribution in [0.1, 0.15) is 5.56 Å². The van der Waals surface area contributed by atoms with Crippen LogP contribution in [0.5, 0.6) is 0 Å². The number of nitrogens with zero attached hydrogens (tertiary/aromatic N) is 2. The van der Waals surface area contributed by atoms with Crippen molar-refractivity contribution >= 4 is 50.5 Å². The first kappa shape index (κ1) is 35.0. The van der Waals surface area contributed by atoms with E-state index in [0.717, 1.165) is 34.1 Å². The van der Waals surface area contributed by atoms with Crippen LogP contribution in [-0.4, -0.2) is 0 Å². The van der Waals surface area contributed by atoms with Crippen molar-refractivity contribution in [2.24, 2.45) is 11.8 Å². The van der Waals surface area contributed by atoms with Gasteiger partial charge in [-0.05, 0) is 123 Å². The zero-order chi connectivity index (χ0) is 38.7. The van der Waals surface area contributed by atoms with Gasteiger partial charge in [-0.3, -0.25) is 0 Å². The van der Waals surface area contributed by atoms with Gasteiger partial charge in [-0.2, -0.15) is 0 Å². The summed E-state index contributed by atoms with van der Waals surface area (Å²) in [5.41, 5.74) is 14.0. The molecule has 10 rings (SSSR count). The highest BCUT2D eigenvalue weighted by Gasteiger charge is 2.19. The Morgan fingerprint density at radius 1 is 0.293 bits per heavy atom. The van der Waals surface area contributed by atoms with Gasteiger partial charge in [-0.15, -0.1) is 0 Å². The summed E-state index contributed by atoms with van der Waals surface area (Å²) in [4.78, 5) is 4.65. The van der Waals surface area contributed by atoms with Crippen molar-refractivity contribution in [1.82, 2.24) is 0 Å². The fourth-order valence-electron chi connectivity index (χ4n) is 8.30. The van der Waals surface area contributed by atoms with Crippen molar-refractivity contribution in [2.75, 3.05) is 9.80 Å². The maximum atomic E-state index is 2.39. The molecule has 2 unspecified atom stereocenters. The van der Waals surface area contributed by atoms with Crippen LogP contribution in [0.25, 0.3) is 38.6 Å². The number of anilines is 6. The lowest BCUT2D eigenvalue weighted by molar-refractivity contribution is 0.663. The lowest BCUT2D eigenvalue weighted by Crippen LogP contribution is -2.11. The zero-order valence-corrected chi connectivity index (χ0v) is 32.1. The molecule has 0 saturated carbocycles. The minimum absolute atomic E-state index is 0.419. The van der Waals surface area contributed by atoms with E-state index in [0.29, 0.717) is 11.8 Å². The normalized spacial score (nSPS) is 15.5. The molecule has 0 N–H and O–H groups in total. The Kier molecular flexibility index (Phi) is 9.43. The van der Waals surface area contributed by atoms with Crippen LogP contribution in [0.4, 0.5) is 34.1 Å². The first-order valence-corrected chi connectivity index (χ1v) is 20.1. The molecule has 0 aromatic heterocycles. The Labute approximate surface area is 341 Å². The summed E-state index contributed by atoms with van der Waals surface area (Å²) >= 11 is 0. The van der Waals surface area contributed by atoms with Crippen LogP contribution in [0, 0.1) is 11.8 Å². The van der Waals surface area contributed by atoms with Gasteiger partial charge >= 0.3 is 0 Å². The van der Waals surface area contributed by atoms with Crippen molar-refractivity contribution in [3.05, 3.63) is 248 Å². The molecule has 8 aromatic carbocycles. The Balaban J connectivity index is 0.911. The third-order valence-electron chi connectivity index (χ3n) is 11.4. The van der Waals surface area contributed by atoms with Crippen LogP contribution < -0.4 is 9.80 Å². The van der Waals surface area contributed by atoms with E-state index in [9.17, 15) is 0 Å². The van der Waals surface area contributed by atoms with Gasteiger partial charge in [0.1, 0.15) is 0 Å². The number of rotatable bonds is 9. The third kappa shape index (κ3) is 7.09. The van der Waals surface area contributed by atoms with Crippen LogP contribution in [-0.2, 0) is 0 Å². The van der Waals surface area contributed by atoms with Crippen LogP contribution in [0.2, 0.25) is 0 Å². The highest BCUT2D eigenvalue weighted by atomic mass is 15.1. The van der Waals surface area contributed by atoms with Gasteiger partial charge in [0, 0.05) is 46.0 Å². The van der Waals surface area contributed by atoms with Gasteiger partial charge in [0.05, 0.1) is 0 Å². The smallest absolute Gasteiger partial charge is 0.0462 e. The molecule has 276 valence electrons. The topological polar surface area (TPSA) is 6.48 Å². The quantitative estimate of drug-likeness (QED) is 0.145. The molecule has 2 heteroatoms. The molecule has 0 radical (unpaired) electrons. The molecule has 0 spiro atoms. The third-order valence-corrected chi connectivity index (χ3v) is 11.4. The van der Waals surface area contributed by atoms with Crippen LogP contribution in [0.3, 0.4) is 0 Å². The van der Waals surface area contributed by atoms with E-state index >= 15 is 0 Å². The zero-order valence-electron chi connectivity index (χ0n) is 32.1. The minimum atomic E-state index is 0.419. The molecule has 58 heavy (non-hydrogen) atoms. The molecular formula is C56H42N2. The van der Waals surface area contributed by atoms with E-state index in [1.165, 1.54) is 44.2 Å². The second-order valence-electron chi connectivity index (χ2n) is 15.0. The average molecular weight is 743 g/mol. The van der Waals surface area contributed by atoms with E-state index in [2.05, 4.69) is 253 Å². The Hall–Kier alpha value is -7.42. The summed E-state index contributed by atoms with van der Waals surface area (Å²) in [5.74, 6) is 0.875. The van der Waals surface area contributed by atoms with E-state index in [-0.39, 0.29) is 0 Å². The van der Waals surface area contributed by atoms with Gasteiger partial charge < -0.3 is 9.80 Å². The second kappa shape index (κ2) is 15.6. The van der Waals surface area contributed by atoms with E-state index in [4.69, 9.17) is 0 Å². The Morgan fingerprint density at radius 2 is 0.690 bits per heavy atom. The molecule has 2 aliphatic rings. The average Bonchev–Trinajstić information content (AvgIpc) is 3.30. The monoisotopic (exact) mass is 742 g/mol. The molecule has 0 saturated heterocycles. The predicted octanol–water partition coefficient (Wildman–Crippen LogP) is 15.4. The number of para-hydroxylation sites is 2. The first-order valence-electron chi connectivity index (χ1n) is 20.1. The lowest BCUT2D eigenvalue weighted by atomic mass is 9.81. The largest absolute Gasteiger partial charge is 0.311 e. The Bertz CT molecular complexity index is 2790. The fourth-order valence-corrected chi connectivity index (χ4v) is 8.30. The Morgan fingerprint density at radius 3 is 1.21 bits per heavy atom. The molecule has 0 aliphatic heterocycles. The summed E-state index contributed by atoms with van der Waals surface area (Å²) in [7, 11) is 0. The second-order valence-corrected chi connectivity index (χ2v) is 15.0. The van der Waals surface area contributed by atoms with Gasteiger partial charge in [-0.1, -0.05) is 164 Å². The standard InChI is InChI=1S/C56H42N2/c1-3-15-51(16-4-1)57(55-35-27-45(28-36-55)49-21-19-41-11-7-9-13-47(41)39-49)53-31-23-43(24-32-53)44-25-33-54(34-26-44)58(52-17-5-2-6-18-52)56-37-29-46(30-38-56)50-22-20-42-12-8-10-14-48(42)40-50/h1-41,47H. The van der Waals surface area contributed by atoms with E-state index in [1.807, 2.05) is 0 Å². The summed E-state index contributed by atoms with van der Waals surface area (Å²) in [6.45, 7) is 0. The minimum Gasteiger partial charge on any atom is -0.311 e. The highest BCUT2D eigenvalue weighted by molar-refractivity contribution is 5.88. The van der Waals surface area contributed by atoms with Gasteiger partial charge in [-0.25, -0.2) is 0 Å². The highest BCUT2D eigenvalue weighted by Crippen LogP contribution is 2.40. The van der Waals surface area contributed by atoms with Crippen molar-refractivity contribution in [3.8, 4) is 22.3 Å². The molecule has 2 nitrogen and oxygen atoms in total. The molecule has 2 aliphatic carbocycles. The van der Waals surface area contributed by atoms with Crippen LogP contribution >= 0.6 is 0 Å². The first-order chi connectivity index (χ1) is 28.7. The lowest BCUT2D eigenvalue weighted by Gasteiger charge is -2.27. The SMILES string of the molecule is C1=CC2C=CC(c3ccc(N(c4ccccc4)c4ccc(-c5ccc(N(c6ccccc6)c6ccc(-c7ccc8ccccc8c7)cc6)cc5)cc4)cc3)=CC2C=C1. The predicted molar refractivity (Wildman–Crippen MR) is 247 cm³/mol. The number of fused-ring (bicyclic) bond motifs is 2. The number of hydrogen-bond acceptors (Lipinski definition) is 2. The maximum Gasteiger partial charge on any atom is 0.0462 e. The molecule has 0 bridgehead atoms. The van der Waals surface area contributed by atoms with Crippen LogP contribution in [0.15, 0.2) is 243 Å². The maximum absolute atomic E-state index is 2.39. The molecule has 0 fully saturated rings. The van der Waals surface area contributed by atoms with Crippen molar-refractivity contribution < 1.29 is 0 Å². The van der Waals surface area contributed by atoms with Gasteiger partial charge in [0.15, 0.2) is 0 Å². The summed E-state index contributed by atoms with van der Waals surface area (Å²) in [6.07, 6.45) is 15.9. The number of allylic oxidation sites excluding steroid dienone is 8.